The first kappa shape index (κ1) is 12.9. The van der Waals surface area contributed by atoms with E-state index in [2.05, 4.69) is 10.3 Å². The van der Waals surface area contributed by atoms with Crippen molar-refractivity contribution in [3.05, 3.63) is 52.6 Å². The lowest BCUT2D eigenvalue weighted by Gasteiger charge is -2.32. The van der Waals surface area contributed by atoms with E-state index >= 15 is 0 Å². The van der Waals surface area contributed by atoms with Crippen LogP contribution in [-0.4, -0.2) is 17.6 Å². The van der Waals surface area contributed by atoms with Gasteiger partial charge in [-0.2, -0.15) is 0 Å². The second-order valence-electron chi connectivity index (χ2n) is 4.55. The molecule has 0 unspecified atom stereocenters. The molecule has 0 bridgehead atoms. The highest BCUT2D eigenvalue weighted by atomic mass is 35.5. The molecule has 20 heavy (non-hydrogen) atoms. The molecule has 2 heterocycles. The second kappa shape index (κ2) is 4.76. The van der Waals surface area contributed by atoms with Crippen LogP contribution in [0, 0.1) is 12.7 Å². The lowest BCUT2D eigenvalue weighted by atomic mass is 10.1. The van der Waals surface area contributed by atoms with Crippen LogP contribution in [0.15, 0.2) is 30.5 Å². The summed E-state index contributed by atoms with van der Waals surface area (Å²) in [6, 6.07) is 6.16. The van der Waals surface area contributed by atoms with E-state index in [0.29, 0.717) is 23.1 Å². The quantitative estimate of drug-likeness (QED) is 0.822. The zero-order valence-corrected chi connectivity index (χ0v) is 11.4. The number of aryl methyl sites for hydroxylation is 1. The molecule has 2 aromatic rings. The first-order valence-corrected chi connectivity index (χ1v) is 6.41. The number of nitrogens with zero attached hydrogens (tertiary/aromatic N) is 2. The number of hydrogen-bond acceptors (Lipinski definition) is 3. The molecule has 3 rings (SSSR count). The van der Waals surface area contributed by atoms with E-state index < -0.39 is 0 Å². The fourth-order valence-corrected chi connectivity index (χ4v) is 2.44. The normalized spacial score (nSPS) is 13.9. The molecule has 1 aromatic heterocycles. The Kier molecular flexibility index (Phi) is 3.06. The van der Waals surface area contributed by atoms with E-state index in [0.717, 1.165) is 11.3 Å². The first-order valence-electron chi connectivity index (χ1n) is 6.03. The van der Waals surface area contributed by atoms with Crippen LogP contribution in [-0.2, 0) is 0 Å². The lowest BCUT2D eigenvalue weighted by Crippen LogP contribution is -2.41. The number of pyridine rings is 1. The van der Waals surface area contributed by atoms with Crippen molar-refractivity contribution in [3.8, 4) is 0 Å². The molecular weight excluding hydrogens is 281 g/mol. The Morgan fingerprint density at radius 2 is 2.15 bits per heavy atom. The van der Waals surface area contributed by atoms with Gasteiger partial charge in [0.25, 0.3) is 5.91 Å². The van der Waals surface area contributed by atoms with Crippen molar-refractivity contribution in [2.75, 3.05) is 11.6 Å². The van der Waals surface area contributed by atoms with Crippen molar-refractivity contribution >= 4 is 28.9 Å². The van der Waals surface area contributed by atoms with Gasteiger partial charge in [-0.1, -0.05) is 11.6 Å². The highest BCUT2D eigenvalue weighted by molar-refractivity contribution is 6.29. The van der Waals surface area contributed by atoms with Gasteiger partial charge in [-0.25, -0.2) is 9.37 Å². The summed E-state index contributed by atoms with van der Waals surface area (Å²) in [4.78, 5) is 17.6. The fourth-order valence-electron chi connectivity index (χ4n) is 2.29. The van der Waals surface area contributed by atoms with Crippen molar-refractivity contribution in [3.63, 3.8) is 0 Å². The minimum atomic E-state index is -0.291. The standard InChI is InChI=1S/C14H11ClFN3O/c1-8-4-9(16)2-3-11(8)19-7-18-14(20)10-6-17-13(15)5-12(10)19/h2-6H,7H2,1H3,(H,18,20). The molecule has 0 saturated heterocycles. The van der Waals surface area contributed by atoms with E-state index in [9.17, 15) is 9.18 Å². The van der Waals surface area contributed by atoms with E-state index in [4.69, 9.17) is 11.6 Å². The van der Waals surface area contributed by atoms with Crippen LogP contribution in [0.5, 0.6) is 0 Å². The number of rotatable bonds is 1. The molecule has 0 aliphatic carbocycles. The highest BCUT2D eigenvalue weighted by Crippen LogP contribution is 2.33. The van der Waals surface area contributed by atoms with Crippen molar-refractivity contribution in [1.82, 2.24) is 10.3 Å². The average molecular weight is 292 g/mol. The van der Waals surface area contributed by atoms with Crippen molar-refractivity contribution < 1.29 is 9.18 Å². The lowest BCUT2D eigenvalue weighted by molar-refractivity contribution is 0.0949. The number of benzene rings is 1. The monoisotopic (exact) mass is 291 g/mol. The van der Waals surface area contributed by atoms with Gasteiger partial charge < -0.3 is 10.2 Å². The fraction of sp³-hybridized carbons (Fsp3) is 0.143. The van der Waals surface area contributed by atoms with E-state index in [1.165, 1.54) is 18.3 Å². The summed E-state index contributed by atoms with van der Waals surface area (Å²) in [5.74, 6) is -0.486. The number of carbonyl (C=O) groups is 1. The number of aromatic nitrogens is 1. The Labute approximate surface area is 120 Å². The summed E-state index contributed by atoms with van der Waals surface area (Å²) in [7, 11) is 0. The second-order valence-corrected chi connectivity index (χ2v) is 4.93. The Morgan fingerprint density at radius 1 is 1.35 bits per heavy atom. The zero-order valence-electron chi connectivity index (χ0n) is 10.7. The third-order valence-electron chi connectivity index (χ3n) is 3.23. The number of halogens is 2. The maximum atomic E-state index is 13.2. The topological polar surface area (TPSA) is 45.2 Å². The number of fused-ring (bicyclic) bond motifs is 1. The number of carbonyl (C=O) groups excluding carboxylic acids is 1. The summed E-state index contributed by atoms with van der Waals surface area (Å²) < 4.78 is 13.2. The molecular formula is C14H11ClFN3O. The molecule has 1 aliphatic heterocycles. The number of anilines is 2. The molecule has 0 radical (unpaired) electrons. The van der Waals surface area contributed by atoms with E-state index in [1.54, 1.807) is 12.1 Å². The highest BCUT2D eigenvalue weighted by Gasteiger charge is 2.25. The van der Waals surface area contributed by atoms with Gasteiger partial charge in [0.15, 0.2) is 0 Å². The third kappa shape index (κ3) is 2.10. The molecule has 6 heteroatoms. The van der Waals surface area contributed by atoms with Crippen LogP contribution >= 0.6 is 11.6 Å². The van der Waals surface area contributed by atoms with Crippen LogP contribution < -0.4 is 10.2 Å². The smallest absolute Gasteiger partial charge is 0.256 e. The molecule has 4 nitrogen and oxygen atoms in total. The van der Waals surface area contributed by atoms with Crippen molar-refractivity contribution in [1.29, 1.82) is 0 Å². The molecule has 1 aliphatic rings. The zero-order chi connectivity index (χ0) is 14.3. The van der Waals surface area contributed by atoms with Gasteiger partial charge in [0.05, 0.1) is 17.9 Å². The molecule has 102 valence electrons. The van der Waals surface area contributed by atoms with Gasteiger partial charge in [0.2, 0.25) is 0 Å². The van der Waals surface area contributed by atoms with Crippen molar-refractivity contribution in [2.24, 2.45) is 0 Å². The molecule has 1 amide bonds. The molecule has 0 spiro atoms. The summed E-state index contributed by atoms with van der Waals surface area (Å²) in [5, 5.41) is 3.07. The van der Waals surface area contributed by atoms with E-state index in [1.807, 2.05) is 11.8 Å². The summed E-state index contributed by atoms with van der Waals surface area (Å²) in [6.45, 7) is 2.12. The van der Waals surface area contributed by atoms with Gasteiger partial charge in [0, 0.05) is 18.0 Å². The van der Waals surface area contributed by atoms with Gasteiger partial charge in [-0.15, -0.1) is 0 Å². The Hall–Kier alpha value is -2.14. The number of hydrogen-bond donors (Lipinski definition) is 1. The van der Waals surface area contributed by atoms with Gasteiger partial charge in [0.1, 0.15) is 11.0 Å². The van der Waals surface area contributed by atoms with Gasteiger partial charge in [-0.3, -0.25) is 4.79 Å². The number of nitrogens with one attached hydrogen (secondary N) is 1. The molecule has 0 saturated carbocycles. The van der Waals surface area contributed by atoms with Gasteiger partial charge >= 0.3 is 0 Å². The van der Waals surface area contributed by atoms with Crippen LogP contribution in [0.1, 0.15) is 15.9 Å². The summed E-state index contributed by atoms with van der Waals surface area (Å²) in [6.07, 6.45) is 1.44. The Morgan fingerprint density at radius 3 is 2.90 bits per heavy atom. The van der Waals surface area contributed by atoms with Crippen LogP contribution in [0.3, 0.4) is 0 Å². The molecule has 0 fully saturated rings. The first-order chi connectivity index (χ1) is 9.56. The largest absolute Gasteiger partial charge is 0.334 e. The van der Waals surface area contributed by atoms with Crippen molar-refractivity contribution in [2.45, 2.75) is 6.92 Å². The van der Waals surface area contributed by atoms with Crippen LogP contribution in [0.2, 0.25) is 5.15 Å². The summed E-state index contributed by atoms with van der Waals surface area (Å²) in [5.41, 5.74) is 2.71. The predicted octanol–water partition coefficient (Wildman–Crippen LogP) is 3.02. The number of amides is 1. The molecule has 1 aromatic carbocycles. The minimum absolute atomic E-state index is 0.194. The molecule has 0 atom stereocenters. The minimum Gasteiger partial charge on any atom is -0.334 e. The SMILES string of the molecule is Cc1cc(F)ccc1N1CNC(=O)c2cnc(Cl)cc21. The van der Waals surface area contributed by atoms with Gasteiger partial charge in [-0.05, 0) is 30.7 Å². The molecule has 1 N–H and O–H groups in total. The Bertz CT molecular complexity index is 705. The van der Waals surface area contributed by atoms with E-state index in [-0.39, 0.29) is 11.7 Å². The van der Waals surface area contributed by atoms with Crippen LogP contribution in [0.4, 0.5) is 15.8 Å². The Balaban J connectivity index is 2.15. The summed E-state index contributed by atoms with van der Waals surface area (Å²) >= 11 is 5.91. The predicted molar refractivity (Wildman–Crippen MR) is 74.9 cm³/mol. The maximum Gasteiger partial charge on any atom is 0.256 e. The maximum absolute atomic E-state index is 13.2. The average Bonchev–Trinajstić information content (AvgIpc) is 2.40. The third-order valence-corrected chi connectivity index (χ3v) is 3.44. The van der Waals surface area contributed by atoms with Crippen LogP contribution in [0.25, 0.3) is 0 Å².